The molecule has 4 heterocycles. The maximum absolute atomic E-state index is 12.1. The minimum Gasteiger partial charge on any atom is -0.351 e. The molecule has 5 nitrogen and oxygen atoms in total. The number of H-pyrrole nitrogens is 1. The number of nitrogens with zero attached hydrogens (tertiary/aromatic N) is 2. The van der Waals surface area contributed by atoms with Crippen LogP contribution < -0.4 is 15.8 Å². The lowest BCUT2D eigenvalue weighted by atomic mass is 10.1. The number of aromatic nitrogens is 2. The number of aromatic amines is 1. The molecule has 2 bridgehead atoms. The summed E-state index contributed by atoms with van der Waals surface area (Å²) in [5.74, 6) is 1.01. The molecule has 2 aliphatic heterocycles. The molecule has 0 saturated carbocycles. The number of fused-ring (bicyclic) bond motifs is 5. The van der Waals surface area contributed by atoms with Gasteiger partial charge in [-0.1, -0.05) is 18.2 Å². The molecule has 0 spiro atoms. The fourth-order valence-electron chi connectivity index (χ4n) is 3.83. The van der Waals surface area contributed by atoms with E-state index in [0.717, 1.165) is 35.3 Å². The maximum atomic E-state index is 12.1. The molecule has 1 aromatic carbocycles. The van der Waals surface area contributed by atoms with Crippen LogP contribution in [0.25, 0.3) is 21.8 Å². The van der Waals surface area contributed by atoms with Crippen molar-refractivity contribution in [3.05, 3.63) is 46.8 Å². The molecule has 22 heavy (non-hydrogen) atoms. The van der Waals surface area contributed by atoms with Crippen molar-refractivity contribution in [1.82, 2.24) is 15.3 Å². The van der Waals surface area contributed by atoms with Gasteiger partial charge in [0.05, 0.1) is 11.0 Å². The second-order valence-electron chi connectivity index (χ2n) is 6.21. The Morgan fingerprint density at radius 2 is 2.00 bits per heavy atom. The van der Waals surface area contributed by atoms with E-state index in [1.165, 1.54) is 6.42 Å². The van der Waals surface area contributed by atoms with Crippen molar-refractivity contribution in [3.8, 4) is 0 Å². The van der Waals surface area contributed by atoms with Gasteiger partial charge in [-0.05, 0) is 24.6 Å². The van der Waals surface area contributed by atoms with E-state index in [4.69, 9.17) is 4.98 Å². The molecule has 3 aromatic rings. The van der Waals surface area contributed by atoms with Gasteiger partial charge in [-0.25, -0.2) is 4.98 Å². The molecular weight excluding hydrogens is 276 g/mol. The van der Waals surface area contributed by atoms with Crippen LogP contribution >= 0.6 is 0 Å². The molecular formula is C17H16N4O. The molecule has 5 heteroatoms. The van der Waals surface area contributed by atoms with E-state index >= 15 is 0 Å². The zero-order chi connectivity index (χ0) is 14.7. The van der Waals surface area contributed by atoms with Gasteiger partial charge in [0.25, 0.3) is 5.56 Å². The zero-order valence-electron chi connectivity index (χ0n) is 12.0. The number of piperazine rings is 1. The number of benzene rings is 1. The first-order valence-corrected chi connectivity index (χ1v) is 7.71. The predicted molar refractivity (Wildman–Crippen MR) is 87.4 cm³/mol. The maximum Gasteiger partial charge on any atom is 0.256 e. The van der Waals surface area contributed by atoms with E-state index in [2.05, 4.69) is 15.2 Å². The van der Waals surface area contributed by atoms with Crippen LogP contribution in [0.15, 0.2) is 41.2 Å². The summed E-state index contributed by atoms with van der Waals surface area (Å²) in [7, 11) is 0. The van der Waals surface area contributed by atoms with Gasteiger partial charge >= 0.3 is 0 Å². The standard InChI is InChI=1S/C17H16N4O/c22-17-13-4-2-1-3-12(13)16-14(19-17)5-6-15(20-16)21-9-10-7-11(21)8-18-10/h1-6,10-11,18H,7-9H2,(H,19,22)/t10-,11-/m0/s1. The van der Waals surface area contributed by atoms with Crippen LogP contribution in [0.1, 0.15) is 6.42 Å². The summed E-state index contributed by atoms with van der Waals surface area (Å²) < 4.78 is 0. The first-order valence-electron chi connectivity index (χ1n) is 7.71. The number of anilines is 1. The average Bonchev–Trinajstić information content (AvgIpc) is 3.18. The summed E-state index contributed by atoms with van der Waals surface area (Å²) in [6.07, 6.45) is 1.20. The highest BCUT2D eigenvalue weighted by Crippen LogP contribution is 2.30. The van der Waals surface area contributed by atoms with Crippen LogP contribution in [-0.2, 0) is 0 Å². The predicted octanol–water partition coefficient (Wildman–Crippen LogP) is 1.63. The Morgan fingerprint density at radius 3 is 2.77 bits per heavy atom. The molecule has 0 radical (unpaired) electrons. The lowest BCUT2D eigenvalue weighted by molar-refractivity contribution is 0.577. The van der Waals surface area contributed by atoms with Gasteiger partial charge < -0.3 is 15.2 Å². The smallest absolute Gasteiger partial charge is 0.256 e. The highest BCUT2D eigenvalue weighted by atomic mass is 16.1. The number of nitrogens with one attached hydrogen (secondary N) is 2. The van der Waals surface area contributed by atoms with Crippen LogP contribution in [0, 0.1) is 0 Å². The minimum atomic E-state index is -0.0536. The minimum absolute atomic E-state index is 0.0536. The second-order valence-corrected chi connectivity index (χ2v) is 6.21. The quantitative estimate of drug-likeness (QED) is 0.669. The molecule has 0 unspecified atom stereocenters. The molecule has 110 valence electrons. The molecule has 2 N–H and O–H groups in total. The lowest BCUT2D eigenvalue weighted by Gasteiger charge is -2.28. The van der Waals surface area contributed by atoms with Crippen molar-refractivity contribution < 1.29 is 0 Å². The largest absolute Gasteiger partial charge is 0.351 e. The first-order chi connectivity index (χ1) is 10.8. The average molecular weight is 292 g/mol. The van der Waals surface area contributed by atoms with Gasteiger partial charge in [-0.15, -0.1) is 0 Å². The third-order valence-electron chi connectivity index (χ3n) is 4.91. The topological polar surface area (TPSA) is 61.0 Å². The third kappa shape index (κ3) is 1.63. The summed E-state index contributed by atoms with van der Waals surface area (Å²) in [4.78, 5) is 22.3. The molecule has 5 rings (SSSR count). The Kier molecular flexibility index (Phi) is 2.38. The molecule has 2 atom stereocenters. The van der Waals surface area contributed by atoms with Gasteiger partial charge in [0.1, 0.15) is 5.82 Å². The Hall–Kier alpha value is -2.40. The number of rotatable bonds is 1. The normalized spacial score (nSPS) is 23.7. The zero-order valence-corrected chi connectivity index (χ0v) is 12.0. The van der Waals surface area contributed by atoms with Crippen molar-refractivity contribution >= 4 is 27.6 Å². The van der Waals surface area contributed by atoms with Gasteiger partial charge in [0.15, 0.2) is 0 Å². The molecule has 2 fully saturated rings. The van der Waals surface area contributed by atoms with Crippen molar-refractivity contribution in [2.75, 3.05) is 18.0 Å². The number of hydrogen-bond donors (Lipinski definition) is 2. The van der Waals surface area contributed by atoms with Gasteiger partial charge in [-0.3, -0.25) is 4.79 Å². The van der Waals surface area contributed by atoms with Crippen LogP contribution in [0.4, 0.5) is 5.82 Å². The van der Waals surface area contributed by atoms with E-state index in [1.807, 2.05) is 36.4 Å². The Morgan fingerprint density at radius 1 is 1.14 bits per heavy atom. The Balaban J connectivity index is 1.74. The van der Waals surface area contributed by atoms with E-state index < -0.39 is 0 Å². The van der Waals surface area contributed by atoms with E-state index in [-0.39, 0.29) is 5.56 Å². The molecule has 2 saturated heterocycles. The summed E-state index contributed by atoms with van der Waals surface area (Å²) in [6, 6.07) is 12.8. The summed E-state index contributed by atoms with van der Waals surface area (Å²) >= 11 is 0. The molecule has 2 aliphatic rings. The van der Waals surface area contributed by atoms with Crippen molar-refractivity contribution in [2.24, 2.45) is 0 Å². The van der Waals surface area contributed by atoms with Crippen molar-refractivity contribution in [3.63, 3.8) is 0 Å². The molecule has 0 amide bonds. The van der Waals surface area contributed by atoms with Crippen LogP contribution in [-0.4, -0.2) is 35.1 Å². The SMILES string of the molecule is O=c1[nH]c2ccc(N3C[C@@H]4C[C@H]3CN4)nc2c2ccccc12. The third-order valence-corrected chi connectivity index (χ3v) is 4.91. The van der Waals surface area contributed by atoms with Crippen LogP contribution in [0.3, 0.4) is 0 Å². The second kappa shape index (κ2) is 4.30. The molecule has 0 aliphatic carbocycles. The van der Waals surface area contributed by atoms with Gasteiger partial charge in [0.2, 0.25) is 0 Å². The fourth-order valence-corrected chi connectivity index (χ4v) is 3.83. The summed E-state index contributed by atoms with van der Waals surface area (Å²) in [6.45, 7) is 2.06. The van der Waals surface area contributed by atoms with Crippen LogP contribution in [0.2, 0.25) is 0 Å². The monoisotopic (exact) mass is 292 g/mol. The lowest BCUT2D eigenvalue weighted by Crippen LogP contribution is -2.44. The molecule has 2 aromatic heterocycles. The van der Waals surface area contributed by atoms with E-state index in [1.54, 1.807) is 0 Å². The first kappa shape index (κ1) is 12.2. The highest BCUT2D eigenvalue weighted by molar-refractivity contribution is 6.03. The highest BCUT2D eigenvalue weighted by Gasteiger charge is 2.38. The van der Waals surface area contributed by atoms with Gasteiger partial charge in [-0.2, -0.15) is 0 Å². The summed E-state index contributed by atoms with van der Waals surface area (Å²) in [5, 5.41) is 5.13. The van der Waals surface area contributed by atoms with Crippen molar-refractivity contribution in [2.45, 2.75) is 18.5 Å². The van der Waals surface area contributed by atoms with Crippen LogP contribution in [0.5, 0.6) is 0 Å². The Labute approximate surface area is 127 Å². The van der Waals surface area contributed by atoms with E-state index in [0.29, 0.717) is 17.5 Å². The van der Waals surface area contributed by atoms with Gasteiger partial charge in [0, 0.05) is 35.9 Å². The fraction of sp³-hybridized carbons (Fsp3) is 0.294. The number of pyridine rings is 2. The summed E-state index contributed by atoms with van der Waals surface area (Å²) in [5.41, 5.74) is 1.63. The van der Waals surface area contributed by atoms with E-state index in [9.17, 15) is 4.79 Å². The Bertz CT molecular complexity index is 948. The number of hydrogen-bond acceptors (Lipinski definition) is 4. The van der Waals surface area contributed by atoms with Crippen molar-refractivity contribution in [1.29, 1.82) is 0 Å².